The Labute approximate surface area is 196 Å². The van der Waals surface area contributed by atoms with E-state index < -0.39 is 0 Å². The molecule has 2 heterocycles. The number of nitrogens with two attached hydrogens (primary N) is 1. The number of hydrogen-bond donors (Lipinski definition) is 3. The highest BCUT2D eigenvalue weighted by molar-refractivity contribution is 6.02. The van der Waals surface area contributed by atoms with Gasteiger partial charge in [0.05, 0.1) is 11.4 Å². The normalized spacial score (nSPS) is 17.4. The van der Waals surface area contributed by atoms with Crippen LogP contribution in [0.2, 0.25) is 0 Å². The van der Waals surface area contributed by atoms with E-state index in [1.807, 2.05) is 13.8 Å². The summed E-state index contributed by atoms with van der Waals surface area (Å²) >= 11 is 0. The summed E-state index contributed by atoms with van der Waals surface area (Å²) in [6.45, 7) is 3.91. The van der Waals surface area contributed by atoms with Gasteiger partial charge in [0.1, 0.15) is 0 Å². The Balaban J connectivity index is 0.00000289. The molecule has 0 spiro atoms. The lowest BCUT2D eigenvalue weighted by molar-refractivity contribution is -0.113. The van der Waals surface area contributed by atoms with Crippen LogP contribution in [-0.2, 0) is 4.79 Å². The maximum atomic E-state index is 13.1. The Morgan fingerprint density at radius 3 is 1.97 bits per heavy atom. The summed E-state index contributed by atoms with van der Waals surface area (Å²) in [5.41, 5.74) is 11.9. The summed E-state index contributed by atoms with van der Waals surface area (Å²) < 4.78 is 0. The molecule has 32 heavy (non-hydrogen) atoms. The minimum Gasteiger partial charge on any atom is -0.394 e. The molecular formula is C24H35ClN6O. The van der Waals surface area contributed by atoms with Crippen molar-refractivity contribution in [3.8, 4) is 11.1 Å². The summed E-state index contributed by atoms with van der Waals surface area (Å²) in [7, 11) is 0. The van der Waals surface area contributed by atoms with Gasteiger partial charge in [-0.05, 0) is 56.9 Å². The van der Waals surface area contributed by atoms with E-state index in [1.54, 1.807) is 12.4 Å². The number of nitrogens with zero attached hydrogens (tertiary/aromatic N) is 3. The largest absolute Gasteiger partial charge is 0.394 e. The van der Waals surface area contributed by atoms with Gasteiger partial charge in [-0.3, -0.25) is 15.2 Å². The molecular weight excluding hydrogens is 424 g/mol. The van der Waals surface area contributed by atoms with Crippen molar-refractivity contribution in [2.45, 2.75) is 78.1 Å². The number of H-pyrrole nitrogens is 1. The van der Waals surface area contributed by atoms with Gasteiger partial charge in [-0.1, -0.05) is 38.5 Å². The monoisotopic (exact) mass is 458 g/mol. The van der Waals surface area contributed by atoms with E-state index in [9.17, 15) is 4.79 Å². The Hall–Kier alpha value is -2.41. The van der Waals surface area contributed by atoms with Gasteiger partial charge in [0.2, 0.25) is 5.95 Å². The fourth-order valence-electron chi connectivity index (χ4n) is 5.40. The summed E-state index contributed by atoms with van der Waals surface area (Å²) in [6, 6.07) is 0. The van der Waals surface area contributed by atoms with Gasteiger partial charge in [-0.25, -0.2) is 9.97 Å². The van der Waals surface area contributed by atoms with Crippen molar-refractivity contribution < 1.29 is 4.79 Å². The molecule has 0 unspecified atom stereocenters. The van der Waals surface area contributed by atoms with Crippen molar-refractivity contribution in [1.82, 2.24) is 20.2 Å². The lowest BCUT2D eigenvalue weighted by atomic mass is 9.73. The predicted molar refractivity (Wildman–Crippen MR) is 129 cm³/mol. The molecule has 2 saturated carbocycles. The van der Waals surface area contributed by atoms with E-state index in [4.69, 9.17) is 5.73 Å². The van der Waals surface area contributed by atoms with Gasteiger partial charge in [0.25, 0.3) is 5.91 Å². The lowest BCUT2D eigenvalue weighted by Crippen LogP contribution is -2.29. The number of aromatic amines is 1. The van der Waals surface area contributed by atoms with Crippen LogP contribution < -0.4 is 11.1 Å². The quantitative estimate of drug-likeness (QED) is 0.532. The first-order valence-corrected chi connectivity index (χ1v) is 11.7. The molecule has 0 radical (unpaired) electrons. The molecule has 4 rings (SSSR count). The fraction of sp³-hybridized carbons (Fsp3) is 0.583. The molecule has 2 fully saturated rings. The molecule has 0 atom stereocenters. The van der Waals surface area contributed by atoms with Crippen LogP contribution in [-0.4, -0.2) is 26.1 Å². The highest BCUT2D eigenvalue weighted by Gasteiger charge is 2.30. The number of aryl methyl sites for hydroxylation is 2. The van der Waals surface area contributed by atoms with Crippen LogP contribution in [0.15, 0.2) is 23.7 Å². The third kappa shape index (κ3) is 5.31. The highest BCUT2D eigenvalue weighted by atomic mass is 35.5. The van der Waals surface area contributed by atoms with Gasteiger partial charge >= 0.3 is 0 Å². The third-order valence-electron chi connectivity index (χ3n) is 6.94. The number of carbonyl (C=O) groups excluding carboxylic acids is 1. The Bertz CT molecular complexity index is 900. The second-order valence-electron chi connectivity index (χ2n) is 9.10. The molecule has 2 aliphatic rings. The number of hydrogen-bond acceptors (Lipinski definition) is 5. The summed E-state index contributed by atoms with van der Waals surface area (Å²) in [5.74, 6) is 0.896. The first-order valence-electron chi connectivity index (χ1n) is 11.7. The molecule has 8 heteroatoms. The Kier molecular flexibility index (Phi) is 8.29. The van der Waals surface area contributed by atoms with Gasteiger partial charge in [0, 0.05) is 29.2 Å². The summed E-state index contributed by atoms with van der Waals surface area (Å²) in [4.78, 5) is 21.8. The van der Waals surface area contributed by atoms with Crippen molar-refractivity contribution in [3.05, 3.63) is 35.1 Å². The first kappa shape index (κ1) is 24.2. The molecule has 4 N–H and O–H groups in total. The Morgan fingerprint density at radius 2 is 1.50 bits per heavy atom. The third-order valence-corrected chi connectivity index (χ3v) is 6.94. The van der Waals surface area contributed by atoms with E-state index in [2.05, 4.69) is 25.5 Å². The first-order chi connectivity index (χ1) is 15.0. The number of allylic oxidation sites excluding steroid dienone is 1. The van der Waals surface area contributed by atoms with Crippen molar-refractivity contribution in [1.29, 1.82) is 0 Å². The molecule has 0 aliphatic heterocycles. The van der Waals surface area contributed by atoms with E-state index >= 15 is 0 Å². The smallest absolute Gasteiger partial charge is 0.273 e. The van der Waals surface area contributed by atoms with Crippen molar-refractivity contribution >= 4 is 24.3 Å². The molecule has 1 amide bonds. The summed E-state index contributed by atoms with van der Waals surface area (Å²) in [6.07, 6.45) is 15.5. The minimum absolute atomic E-state index is 0. The summed E-state index contributed by atoms with van der Waals surface area (Å²) in [5, 5.41) is 10.0. The maximum absolute atomic E-state index is 13.1. The fourth-order valence-corrected chi connectivity index (χ4v) is 5.40. The number of aromatic nitrogens is 4. The van der Waals surface area contributed by atoms with E-state index in [1.165, 1.54) is 44.1 Å². The van der Waals surface area contributed by atoms with E-state index in [0.29, 0.717) is 17.5 Å². The minimum atomic E-state index is -0.269. The van der Waals surface area contributed by atoms with Crippen molar-refractivity contribution in [2.24, 2.45) is 17.6 Å². The zero-order chi connectivity index (χ0) is 21.8. The predicted octanol–water partition coefficient (Wildman–Crippen LogP) is 5.22. The van der Waals surface area contributed by atoms with Gasteiger partial charge in [-0.2, -0.15) is 5.10 Å². The number of carbonyl (C=O) groups is 1. The molecule has 174 valence electrons. The van der Waals surface area contributed by atoms with Crippen LogP contribution in [0.4, 0.5) is 5.95 Å². The molecule has 0 aromatic carbocycles. The lowest BCUT2D eigenvalue weighted by Gasteiger charge is -2.33. The zero-order valence-corrected chi connectivity index (χ0v) is 19.9. The van der Waals surface area contributed by atoms with Crippen LogP contribution in [0.25, 0.3) is 11.1 Å². The molecule has 2 aromatic rings. The van der Waals surface area contributed by atoms with E-state index in [0.717, 1.165) is 48.2 Å². The average Bonchev–Trinajstić information content (AvgIpc) is 3.14. The maximum Gasteiger partial charge on any atom is 0.273 e. The molecule has 0 bridgehead atoms. The zero-order valence-electron chi connectivity index (χ0n) is 19.1. The average molecular weight is 459 g/mol. The molecule has 7 nitrogen and oxygen atoms in total. The van der Waals surface area contributed by atoms with Crippen LogP contribution in [0.3, 0.4) is 0 Å². The number of nitrogens with one attached hydrogen (secondary N) is 2. The van der Waals surface area contributed by atoms with Crippen molar-refractivity contribution in [2.75, 3.05) is 5.32 Å². The number of amides is 1. The van der Waals surface area contributed by atoms with Crippen LogP contribution >= 0.6 is 12.4 Å². The SMILES string of the molecule is Cc1n[nH]c(C)c1-c1cnc(NC(=O)C(N)=C(C2CCCCC2)C2CCCCC2)nc1.Cl. The topological polar surface area (TPSA) is 110 Å². The molecule has 2 aromatic heterocycles. The highest BCUT2D eigenvalue weighted by Crippen LogP contribution is 2.40. The molecule has 0 saturated heterocycles. The standard InChI is InChI=1S/C24H34N6O.ClH/c1-15-20(16(2)30-29-15)19-13-26-24(27-14-19)28-23(31)22(25)21(17-9-5-3-6-10-17)18-11-7-4-8-12-18;/h13-14,17-18H,3-12,25H2,1-2H3,(H,29,30)(H,26,27,28,31);1H. The van der Waals surface area contributed by atoms with Gasteiger partial charge < -0.3 is 5.73 Å². The van der Waals surface area contributed by atoms with Crippen LogP contribution in [0, 0.1) is 25.7 Å². The Morgan fingerprint density at radius 1 is 0.969 bits per heavy atom. The van der Waals surface area contributed by atoms with Crippen LogP contribution in [0.1, 0.15) is 75.6 Å². The number of rotatable bonds is 5. The second-order valence-corrected chi connectivity index (χ2v) is 9.10. The molecule has 2 aliphatic carbocycles. The van der Waals surface area contributed by atoms with Gasteiger partial charge in [0.15, 0.2) is 0 Å². The number of anilines is 1. The van der Waals surface area contributed by atoms with Crippen molar-refractivity contribution in [3.63, 3.8) is 0 Å². The van der Waals surface area contributed by atoms with Gasteiger partial charge in [-0.15, -0.1) is 12.4 Å². The van der Waals surface area contributed by atoms with Crippen LogP contribution in [0.5, 0.6) is 0 Å². The second kappa shape index (κ2) is 10.9. The van der Waals surface area contributed by atoms with E-state index in [-0.39, 0.29) is 24.3 Å². The number of halogens is 1.